The molecule has 7 heteroatoms. The van der Waals surface area contributed by atoms with E-state index in [9.17, 15) is 19.3 Å². The highest BCUT2D eigenvalue weighted by molar-refractivity contribution is 5.78. The van der Waals surface area contributed by atoms with Crippen molar-refractivity contribution >= 4 is 11.6 Å². The number of nitrogens with one attached hydrogen (secondary N) is 1. The number of nitrogens with zero attached hydrogens (tertiary/aromatic N) is 1. The smallest absolute Gasteiger partial charge is 0.269 e. The molecule has 6 nitrogen and oxygen atoms in total. The van der Waals surface area contributed by atoms with Gasteiger partial charge >= 0.3 is 0 Å². The molecular weight excluding hydrogens is 351 g/mol. The summed E-state index contributed by atoms with van der Waals surface area (Å²) in [5.41, 5.74) is 1.20. The Balaban J connectivity index is 1.66. The van der Waals surface area contributed by atoms with Crippen molar-refractivity contribution in [2.24, 2.45) is 0 Å². The molecule has 1 aliphatic rings. The predicted octanol–water partition coefficient (Wildman–Crippen LogP) is 3.14. The van der Waals surface area contributed by atoms with E-state index in [0.717, 1.165) is 5.56 Å². The number of hydrogen-bond donors (Lipinski definition) is 1. The fourth-order valence-electron chi connectivity index (χ4n) is 3.40. The SMILES string of the molecule is O=C(Cc1ccc([N+](=O)[O-])cc1)NCC1(c2cccc(F)c2)CCOCC1. The summed E-state index contributed by atoms with van der Waals surface area (Å²) < 4.78 is 19.1. The summed E-state index contributed by atoms with van der Waals surface area (Å²) in [5, 5.41) is 13.6. The quantitative estimate of drug-likeness (QED) is 0.624. The van der Waals surface area contributed by atoms with Crippen LogP contribution in [0.4, 0.5) is 10.1 Å². The third-order valence-electron chi connectivity index (χ3n) is 5.02. The molecule has 2 aromatic carbocycles. The molecule has 0 saturated carbocycles. The fourth-order valence-corrected chi connectivity index (χ4v) is 3.40. The summed E-state index contributed by atoms with van der Waals surface area (Å²) in [7, 11) is 0. The number of carbonyl (C=O) groups is 1. The van der Waals surface area contributed by atoms with Gasteiger partial charge in [0.15, 0.2) is 0 Å². The van der Waals surface area contributed by atoms with Crippen LogP contribution in [0.2, 0.25) is 0 Å². The second-order valence-corrected chi connectivity index (χ2v) is 6.78. The van der Waals surface area contributed by atoms with Crippen molar-refractivity contribution in [1.29, 1.82) is 0 Å². The van der Waals surface area contributed by atoms with Gasteiger partial charge in [-0.3, -0.25) is 14.9 Å². The molecule has 0 aromatic heterocycles. The number of halogens is 1. The van der Waals surface area contributed by atoms with Gasteiger partial charge in [-0.2, -0.15) is 0 Å². The number of amides is 1. The lowest BCUT2D eigenvalue weighted by Gasteiger charge is -2.38. The maximum atomic E-state index is 13.7. The first-order chi connectivity index (χ1) is 13.0. The van der Waals surface area contributed by atoms with Crippen molar-refractivity contribution in [2.75, 3.05) is 19.8 Å². The molecule has 0 aliphatic carbocycles. The van der Waals surface area contributed by atoms with Crippen LogP contribution < -0.4 is 5.32 Å². The Morgan fingerprint density at radius 1 is 1.19 bits per heavy atom. The number of ether oxygens (including phenoxy) is 1. The summed E-state index contributed by atoms with van der Waals surface area (Å²) in [6.45, 7) is 1.52. The first kappa shape index (κ1) is 19.0. The van der Waals surface area contributed by atoms with Gasteiger partial charge in [-0.25, -0.2) is 4.39 Å². The van der Waals surface area contributed by atoms with Gasteiger partial charge in [-0.15, -0.1) is 0 Å². The van der Waals surface area contributed by atoms with Gasteiger partial charge in [0.25, 0.3) is 5.69 Å². The molecule has 3 rings (SSSR count). The molecular formula is C20H21FN2O4. The Kier molecular flexibility index (Phi) is 5.81. The Hall–Kier alpha value is -2.80. The van der Waals surface area contributed by atoms with Crippen LogP contribution in [-0.2, 0) is 21.4 Å². The van der Waals surface area contributed by atoms with Gasteiger partial charge in [0.05, 0.1) is 11.3 Å². The van der Waals surface area contributed by atoms with E-state index in [4.69, 9.17) is 4.74 Å². The van der Waals surface area contributed by atoms with E-state index >= 15 is 0 Å². The Morgan fingerprint density at radius 3 is 2.52 bits per heavy atom. The van der Waals surface area contributed by atoms with E-state index in [2.05, 4.69) is 5.32 Å². The van der Waals surface area contributed by atoms with Crippen molar-refractivity contribution in [3.8, 4) is 0 Å². The summed E-state index contributed by atoms with van der Waals surface area (Å²) in [5.74, 6) is -0.471. The van der Waals surface area contributed by atoms with Gasteiger partial charge in [0.1, 0.15) is 5.82 Å². The van der Waals surface area contributed by atoms with Gasteiger partial charge in [-0.05, 0) is 36.1 Å². The van der Waals surface area contributed by atoms with Gasteiger partial charge < -0.3 is 10.1 Å². The minimum Gasteiger partial charge on any atom is -0.381 e. The zero-order valence-electron chi connectivity index (χ0n) is 14.8. The topological polar surface area (TPSA) is 81.5 Å². The second kappa shape index (κ2) is 8.26. The van der Waals surface area contributed by atoms with Crippen LogP contribution in [0.1, 0.15) is 24.0 Å². The largest absolute Gasteiger partial charge is 0.381 e. The normalized spacial score (nSPS) is 15.9. The molecule has 1 fully saturated rings. The molecule has 2 aromatic rings. The number of nitro groups is 1. The molecule has 1 heterocycles. The van der Waals surface area contributed by atoms with E-state index in [0.29, 0.717) is 38.2 Å². The van der Waals surface area contributed by atoms with Crippen molar-refractivity contribution < 1.29 is 18.8 Å². The minimum atomic E-state index is -0.474. The van der Waals surface area contributed by atoms with Crippen molar-refractivity contribution in [2.45, 2.75) is 24.7 Å². The zero-order valence-corrected chi connectivity index (χ0v) is 14.8. The highest BCUT2D eigenvalue weighted by Gasteiger charge is 2.35. The van der Waals surface area contributed by atoms with Crippen LogP contribution in [0.15, 0.2) is 48.5 Å². The van der Waals surface area contributed by atoms with Crippen molar-refractivity contribution in [1.82, 2.24) is 5.32 Å². The number of non-ortho nitro benzene ring substituents is 1. The van der Waals surface area contributed by atoms with E-state index < -0.39 is 4.92 Å². The highest BCUT2D eigenvalue weighted by Crippen LogP contribution is 2.34. The number of benzene rings is 2. The fraction of sp³-hybridized carbons (Fsp3) is 0.350. The predicted molar refractivity (Wildman–Crippen MR) is 97.9 cm³/mol. The molecule has 0 unspecified atom stereocenters. The summed E-state index contributed by atoms with van der Waals surface area (Å²) >= 11 is 0. The number of rotatable bonds is 6. The monoisotopic (exact) mass is 372 g/mol. The van der Waals surface area contributed by atoms with E-state index in [1.807, 2.05) is 6.07 Å². The van der Waals surface area contributed by atoms with Crippen LogP contribution in [-0.4, -0.2) is 30.6 Å². The molecule has 27 heavy (non-hydrogen) atoms. The Labute approximate surface area is 156 Å². The number of carbonyl (C=O) groups excluding carboxylic acids is 1. The highest BCUT2D eigenvalue weighted by atomic mass is 19.1. The van der Waals surface area contributed by atoms with Crippen molar-refractivity contribution in [3.05, 3.63) is 75.6 Å². The lowest BCUT2D eigenvalue weighted by Crippen LogP contribution is -2.45. The third-order valence-corrected chi connectivity index (χ3v) is 5.02. The maximum absolute atomic E-state index is 13.7. The van der Waals surface area contributed by atoms with E-state index in [1.165, 1.54) is 24.3 Å². The first-order valence-corrected chi connectivity index (χ1v) is 8.82. The van der Waals surface area contributed by atoms with E-state index in [-0.39, 0.29) is 29.2 Å². The Bertz CT molecular complexity index is 817. The lowest BCUT2D eigenvalue weighted by molar-refractivity contribution is -0.384. The summed E-state index contributed by atoms with van der Waals surface area (Å²) in [6.07, 6.45) is 1.54. The minimum absolute atomic E-state index is 0.00794. The van der Waals surface area contributed by atoms with Gasteiger partial charge in [-0.1, -0.05) is 24.3 Å². The summed E-state index contributed by atoms with van der Waals surface area (Å²) in [4.78, 5) is 22.6. The molecule has 1 N–H and O–H groups in total. The van der Waals surface area contributed by atoms with E-state index in [1.54, 1.807) is 18.2 Å². The average Bonchev–Trinajstić information content (AvgIpc) is 2.67. The molecule has 1 amide bonds. The van der Waals surface area contributed by atoms with Crippen LogP contribution in [0, 0.1) is 15.9 Å². The molecule has 0 bridgehead atoms. The molecule has 0 atom stereocenters. The Morgan fingerprint density at radius 2 is 1.89 bits per heavy atom. The molecule has 1 saturated heterocycles. The molecule has 142 valence electrons. The molecule has 0 radical (unpaired) electrons. The standard InChI is InChI=1S/C20H21FN2O4/c21-17-3-1-2-16(13-17)20(8-10-27-11-9-20)14-22-19(24)12-15-4-6-18(7-5-15)23(25)26/h1-7,13H,8-12,14H2,(H,22,24). The van der Waals surface area contributed by atoms with Crippen LogP contribution in [0.25, 0.3) is 0 Å². The van der Waals surface area contributed by atoms with Gasteiger partial charge in [0.2, 0.25) is 5.91 Å². The lowest BCUT2D eigenvalue weighted by atomic mass is 9.74. The molecule has 1 aliphatic heterocycles. The van der Waals surface area contributed by atoms with Crippen molar-refractivity contribution in [3.63, 3.8) is 0 Å². The van der Waals surface area contributed by atoms with Crippen LogP contribution >= 0.6 is 0 Å². The summed E-state index contributed by atoms with van der Waals surface area (Å²) in [6, 6.07) is 12.4. The average molecular weight is 372 g/mol. The zero-order chi connectivity index (χ0) is 19.3. The molecule has 0 spiro atoms. The third kappa shape index (κ3) is 4.68. The van der Waals surface area contributed by atoms with Crippen LogP contribution in [0.3, 0.4) is 0 Å². The maximum Gasteiger partial charge on any atom is 0.269 e. The van der Waals surface area contributed by atoms with Crippen LogP contribution in [0.5, 0.6) is 0 Å². The second-order valence-electron chi connectivity index (χ2n) is 6.78. The number of hydrogen-bond acceptors (Lipinski definition) is 4. The number of nitro benzene ring substituents is 1. The first-order valence-electron chi connectivity index (χ1n) is 8.82. The van der Waals surface area contributed by atoms with Gasteiger partial charge in [0, 0.05) is 37.3 Å².